The Morgan fingerprint density at radius 1 is 1.21 bits per heavy atom. The lowest BCUT2D eigenvalue weighted by Crippen LogP contribution is -2.37. The number of ether oxygens (including phenoxy) is 1. The van der Waals surface area contributed by atoms with Crippen molar-refractivity contribution in [3.63, 3.8) is 0 Å². The van der Waals surface area contributed by atoms with Crippen LogP contribution in [0, 0.1) is 0 Å². The molecule has 1 aromatic heterocycles. The number of nitrogens with zero attached hydrogens (tertiary/aromatic N) is 2. The first-order valence-electron chi connectivity index (χ1n) is 10.5. The van der Waals surface area contributed by atoms with Crippen molar-refractivity contribution >= 4 is 51.4 Å². The highest BCUT2D eigenvalue weighted by atomic mass is 127. The van der Waals surface area contributed by atoms with Crippen LogP contribution in [0.4, 0.5) is 14.7 Å². The Labute approximate surface area is 204 Å². The maximum atomic E-state index is 13.9. The minimum absolute atomic E-state index is 0.0689. The third-order valence-corrected chi connectivity index (χ3v) is 5.68. The summed E-state index contributed by atoms with van der Waals surface area (Å²) in [4.78, 5) is 33.9. The number of fused-ring (bicyclic) bond motifs is 1. The monoisotopic (exact) mass is 570 g/mol. The van der Waals surface area contributed by atoms with Crippen LogP contribution in [-0.4, -0.2) is 46.4 Å². The number of halogens is 3. The zero-order valence-corrected chi connectivity index (χ0v) is 20.4. The van der Waals surface area contributed by atoms with E-state index in [1.54, 1.807) is 19.9 Å². The standard InChI is InChI=1S/C23H25F2IN4O3/c1-3-30(14-21(32)33-4-2)20(31)13-19(15-8-7-9-16(12-15)23(24,25)26)29-22-27-17-10-5-6-11-18(17)28-22/h5-12,19H,3-4,13-14H2,1-2H3,(H2,27,28,29). The van der Waals surface area contributed by atoms with Gasteiger partial charge in [-0.3, -0.25) is 9.59 Å². The molecule has 2 aromatic carbocycles. The van der Waals surface area contributed by atoms with Gasteiger partial charge in [-0.15, -0.1) is 0 Å². The van der Waals surface area contributed by atoms with Crippen molar-refractivity contribution in [2.24, 2.45) is 0 Å². The first-order chi connectivity index (χ1) is 15.7. The van der Waals surface area contributed by atoms with Gasteiger partial charge in [-0.2, -0.15) is 8.78 Å². The molecule has 0 aliphatic rings. The predicted octanol–water partition coefficient (Wildman–Crippen LogP) is 5.00. The number of alkyl halides is 3. The minimum Gasteiger partial charge on any atom is -0.465 e. The number of hydrogen-bond acceptors (Lipinski definition) is 5. The fourth-order valence-electron chi connectivity index (χ4n) is 3.41. The molecule has 7 nitrogen and oxygen atoms in total. The van der Waals surface area contributed by atoms with E-state index in [0.717, 1.165) is 33.6 Å². The summed E-state index contributed by atoms with van der Waals surface area (Å²) in [6.45, 7) is 3.81. The number of benzene rings is 2. The number of carbonyl (C=O) groups excluding carboxylic acids is 2. The second-order valence-electron chi connectivity index (χ2n) is 7.34. The van der Waals surface area contributed by atoms with Gasteiger partial charge in [0.25, 0.3) is 0 Å². The van der Waals surface area contributed by atoms with Crippen molar-refractivity contribution in [1.29, 1.82) is 0 Å². The molecular weight excluding hydrogens is 545 g/mol. The quantitative estimate of drug-likeness (QED) is 0.204. The molecule has 0 radical (unpaired) electrons. The van der Waals surface area contributed by atoms with Crippen LogP contribution in [0.2, 0.25) is 0 Å². The van der Waals surface area contributed by atoms with Crippen molar-refractivity contribution in [2.45, 2.75) is 30.2 Å². The summed E-state index contributed by atoms with van der Waals surface area (Å²) in [5, 5.41) is 3.17. The van der Waals surface area contributed by atoms with E-state index in [-0.39, 0.29) is 31.0 Å². The molecule has 1 atom stereocenters. The number of anilines is 1. The van der Waals surface area contributed by atoms with E-state index in [1.165, 1.54) is 23.1 Å². The third kappa shape index (κ3) is 6.62. The van der Waals surface area contributed by atoms with Gasteiger partial charge in [0, 0.05) is 34.7 Å². The van der Waals surface area contributed by atoms with Crippen molar-refractivity contribution in [2.75, 3.05) is 25.0 Å². The molecular formula is C23H25F2IN4O3. The molecule has 0 bridgehead atoms. The van der Waals surface area contributed by atoms with E-state index >= 15 is 0 Å². The summed E-state index contributed by atoms with van der Waals surface area (Å²) in [5.74, 6) is -0.402. The van der Waals surface area contributed by atoms with Crippen LogP contribution in [0.25, 0.3) is 11.0 Å². The molecule has 1 heterocycles. The van der Waals surface area contributed by atoms with E-state index in [1.807, 2.05) is 24.3 Å². The van der Waals surface area contributed by atoms with Crippen LogP contribution in [0.1, 0.15) is 37.4 Å². The molecule has 1 amide bonds. The van der Waals surface area contributed by atoms with Gasteiger partial charge in [0.05, 0.1) is 30.1 Å². The van der Waals surface area contributed by atoms with Crippen LogP contribution in [0.5, 0.6) is 0 Å². The van der Waals surface area contributed by atoms with E-state index in [0.29, 0.717) is 18.1 Å². The van der Waals surface area contributed by atoms with Crippen LogP contribution < -0.4 is 5.32 Å². The number of carbonyl (C=O) groups is 2. The number of amides is 1. The number of aromatic nitrogens is 2. The Morgan fingerprint density at radius 2 is 1.97 bits per heavy atom. The molecule has 2 N–H and O–H groups in total. The lowest BCUT2D eigenvalue weighted by molar-refractivity contribution is -0.148. The Morgan fingerprint density at radius 3 is 2.64 bits per heavy atom. The molecule has 0 aliphatic heterocycles. The van der Waals surface area contributed by atoms with Crippen LogP contribution in [0.15, 0.2) is 48.5 Å². The molecule has 33 heavy (non-hydrogen) atoms. The first kappa shape index (κ1) is 24.9. The smallest absolute Gasteiger partial charge is 0.325 e. The summed E-state index contributed by atoms with van der Waals surface area (Å²) >= 11 is 1.08. The fraction of sp³-hybridized carbons (Fsp3) is 0.348. The van der Waals surface area contributed by atoms with Gasteiger partial charge in [-0.1, -0.05) is 30.3 Å². The number of imidazole rings is 1. The summed E-state index contributed by atoms with van der Waals surface area (Å²) in [6, 6.07) is 12.7. The number of nitrogens with one attached hydrogen (secondary N) is 2. The summed E-state index contributed by atoms with van der Waals surface area (Å²) < 4.78 is 29.8. The summed E-state index contributed by atoms with van der Waals surface area (Å²) in [6.07, 6.45) is -0.0689. The number of rotatable bonds is 10. The maximum Gasteiger partial charge on any atom is 0.325 e. The molecule has 0 spiro atoms. The van der Waals surface area contributed by atoms with Crippen molar-refractivity contribution in [3.8, 4) is 0 Å². The molecule has 1 unspecified atom stereocenters. The highest BCUT2D eigenvalue weighted by molar-refractivity contribution is 14.1. The average molecular weight is 570 g/mol. The molecule has 0 saturated heterocycles. The zero-order valence-electron chi connectivity index (χ0n) is 18.3. The predicted molar refractivity (Wildman–Crippen MR) is 130 cm³/mol. The second-order valence-corrected chi connectivity index (χ2v) is 8.69. The van der Waals surface area contributed by atoms with Crippen LogP contribution in [-0.2, 0) is 18.3 Å². The molecule has 10 heteroatoms. The summed E-state index contributed by atoms with van der Waals surface area (Å²) in [5.41, 5.74) is 1.87. The molecule has 0 aliphatic carbocycles. The summed E-state index contributed by atoms with van der Waals surface area (Å²) in [7, 11) is 0. The SMILES string of the molecule is CCOC(=O)CN(CC)C(=O)CC(Nc1nc2ccccc2[nH]1)c1cccc(C(F)(F)I)c1. The number of para-hydroxylation sites is 2. The first-order valence-corrected chi connectivity index (χ1v) is 11.6. The third-order valence-electron chi connectivity index (χ3n) is 5.06. The lowest BCUT2D eigenvalue weighted by atomic mass is 10.0. The van der Waals surface area contributed by atoms with E-state index in [9.17, 15) is 18.4 Å². The Kier molecular flexibility index (Phi) is 8.22. The number of likely N-dealkylation sites (N-methyl/N-ethyl adjacent to an activating group) is 1. The molecule has 0 saturated carbocycles. The number of esters is 1. The van der Waals surface area contributed by atoms with Crippen LogP contribution >= 0.6 is 22.6 Å². The van der Waals surface area contributed by atoms with Crippen molar-refractivity contribution in [3.05, 3.63) is 59.7 Å². The van der Waals surface area contributed by atoms with Gasteiger partial charge in [0.15, 0.2) is 0 Å². The van der Waals surface area contributed by atoms with Gasteiger partial charge in [0.1, 0.15) is 6.54 Å². The van der Waals surface area contributed by atoms with Gasteiger partial charge in [-0.25, -0.2) is 4.98 Å². The van der Waals surface area contributed by atoms with Gasteiger partial charge < -0.3 is 19.9 Å². The van der Waals surface area contributed by atoms with Gasteiger partial charge in [-0.05, 0) is 37.6 Å². The molecule has 3 rings (SSSR count). The number of hydrogen-bond donors (Lipinski definition) is 2. The zero-order chi connectivity index (χ0) is 24.0. The Hall–Kier alpha value is -2.76. The average Bonchev–Trinajstić information content (AvgIpc) is 3.19. The topological polar surface area (TPSA) is 87.3 Å². The molecule has 3 aromatic rings. The highest BCUT2D eigenvalue weighted by Crippen LogP contribution is 2.36. The lowest BCUT2D eigenvalue weighted by Gasteiger charge is -2.25. The van der Waals surface area contributed by atoms with Crippen molar-refractivity contribution < 1.29 is 23.1 Å². The van der Waals surface area contributed by atoms with Gasteiger partial charge in [0.2, 0.25) is 11.9 Å². The second kappa shape index (κ2) is 10.9. The van der Waals surface area contributed by atoms with E-state index < -0.39 is 15.9 Å². The number of H-pyrrole nitrogens is 1. The van der Waals surface area contributed by atoms with E-state index in [2.05, 4.69) is 15.3 Å². The van der Waals surface area contributed by atoms with Gasteiger partial charge >= 0.3 is 9.90 Å². The fourth-order valence-corrected chi connectivity index (χ4v) is 3.75. The van der Waals surface area contributed by atoms with Crippen molar-refractivity contribution in [1.82, 2.24) is 14.9 Å². The van der Waals surface area contributed by atoms with E-state index in [4.69, 9.17) is 4.74 Å². The Balaban J connectivity index is 1.89. The normalized spacial score (nSPS) is 12.4. The maximum absolute atomic E-state index is 13.9. The largest absolute Gasteiger partial charge is 0.465 e. The Bertz CT molecular complexity index is 1080. The number of aromatic amines is 1. The molecule has 0 fully saturated rings. The highest BCUT2D eigenvalue weighted by Gasteiger charge is 2.29. The minimum atomic E-state index is -3.05. The molecule has 176 valence electrons. The van der Waals surface area contributed by atoms with Crippen LogP contribution in [0.3, 0.4) is 0 Å².